The maximum atomic E-state index is 11.6. The van der Waals surface area contributed by atoms with Gasteiger partial charge in [-0.3, -0.25) is 25.2 Å². The molecule has 0 radical (unpaired) electrons. The smallest absolute Gasteiger partial charge is 0.488 e. The summed E-state index contributed by atoms with van der Waals surface area (Å²) in [5.74, 6) is 6.49. The summed E-state index contributed by atoms with van der Waals surface area (Å²) in [6.45, 7) is 2.60. The van der Waals surface area contributed by atoms with Crippen LogP contribution in [0.4, 0.5) is 31.9 Å². The Balaban J connectivity index is 0.000000213. The number of carbonyl (C=O) groups excluding carboxylic acids is 3. The maximum absolute atomic E-state index is 11.6. The second-order valence-electron chi connectivity index (χ2n) is 35.0. The van der Waals surface area contributed by atoms with Crippen molar-refractivity contribution in [1.29, 1.82) is 10.8 Å². The number of ether oxygens (including phenoxy) is 5. The number of amidine groups is 4. The van der Waals surface area contributed by atoms with Crippen molar-refractivity contribution in [3.8, 4) is 56.4 Å². The van der Waals surface area contributed by atoms with Gasteiger partial charge in [-0.1, -0.05) is 224 Å². The molecular formula is C118H128BBr3F2I2N12O10. The lowest BCUT2D eigenvalue weighted by molar-refractivity contribution is -0.116. The molecule has 0 amide bonds. The van der Waals surface area contributed by atoms with Gasteiger partial charge in [-0.2, -0.15) is 0 Å². The standard InChI is InChI=1S/C26H27N3O.C26H25N3O.C19H18O2.C12H11BrO.C8H12O2.C7H9BO3.2C7H9N3.C6H4Br2.F2.I2.2H2/c2*1-30-22-11-5-9-20(16-22)18-7-4-8-19(15-18)21-10-6-14-26(17-21)28-24-13-3-2-12-23(24)25(27)29-26;1-21-19-10-4-8-17(13-19)15-6-2-5-14(11-15)16-7-3-9-18(20)12-16;13-11-5-1-3-9(7-11)10-4-2-6-12(14)8-10;1-2-10-8-5-3-4-7(9)6-8;1-11-7-4-2-3-6(5-7)8(9)10;2*8-6-4-2-1-3-5(6)7(9)10;7-5-2-1-3-6(8)4-5;2*1-2;;/h2-5,7-9,11-13,15-16,21,28H,6,10,14,17H2,1H3,(H2,27,29);2-5,7-9,11-13,15-17,28H,6,10,14H2,1H3,(H2,27,29);2,4-6,8,10-13H,3,7,9H2,1H3;1,3,5,7-8H,2,4,6H2;6H,2-5H2,1H3;2-5,9-10H,1H3;2*1-4H,8H2,(H3,9,10);1-4H;;;2*1H. The van der Waals surface area contributed by atoms with Crippen molar-refractivity contribution in [1.82, 2.24) is 0 Å². The van der Waals surface area contributed by atoms with E-state index in [4.69, 9.17) is 98.1 Å². The Hall–Kier alpha value is -13.3. The van der Waals surface area contributed by atoms with Crippen LogP contribution >= 0.6 is 85.0 Å². The number of rotatable bonds is 16. The minimum atomic E-state index is -1.43. The topological polar surface area (TPSA) is 390 Å². The molecule has 13 aromatic carbocycles. The van der Waals surface area contributed by atoms with Gasteiger partial charge >= 0.3 is 7.12 Å². The van der Waals surface area contributed by atoms with E-state index in [1.165, 1.54) is 52.5 Å². The first kappa shape index (κ1) is 117. The molecule has 1 saturated carbocycles. The van der Waals surface area contributed by atoms with Crippen LogP contribution in [0, 0.1) is 10.8 Å². The summed E-state index contributed by atoms with van der Waals surface area (Å²) in [5.41, 5.74) is 55.7. The van der Waals surface area contributed by atoms with Gasteiger partial charge in [0.05, 0.1) is 40.8 Å². The monoisotopic (exact) mass is 2410 g/mol. The fraction of sp³-hybridized carbons (Fsp3) is 0.212. The summed E-state index contributed by atoms with van der Waals surface area (Å²) >= 11 is 14.3. The summed E-state index contributed by atoms with van der Waals surface area (Å²) in [4.78, 5) is 43.5. The number of halogens is 7. The second kappa shape index (κ2) is 60.2. The third-order valence-electron chi connectivity index (χ3n) is 24.7. The fourth-order valence-corrected chi connectivity index (χ4v) is 19.1. The molecule has 13 aromatic rings. The number of carbonyl (C=O) groups is 3. The maximum Gasteiger partial charge on any atom is 0.488 e. The van der Waals surface area contributed by atoms with Crippen LogP contribution in [0.3, 0.4) is 0 Å². The number of nitrogens with zero attached hydrogens (tertiary/aromatic N) is 2. The zero-order valence-electron chi connectivity index (χ0n) is 83.2. The Bertz CT molecular complexity index is 6820. The van der Waals surface area contributed by atoms with Gasteiger partial charge < -0.3 is 78.8 Å². The summed E-state index contributed by atoms with van der Waals surface area (Å²) in [6.07, 6.45) is 22.6. The molecule has 3 atom stereocenters. The van der Waals surface area contributed by atoms with Gasteiger partial charge in [0, 0.05) is 139 Å². The van der Waals surface area contributed by atoms with E-state index >= 15 is 0 Å². The quantitative estimate of drug-likeness (QED) is 0.0141. The lowest BCUT2D eigenvalue weighted by Gasteiger charge is -2.42. The molecule has 5 aliphatic carbocycles. The Morgan fingerprint density at radius 2 is 0.811 bits per heavy atom. The summed E-state index contributed by atoms with van der Waals surface area (Å²) in [6, 6.07) is 103. The molecule has 0 saturated heterocycles. The van der Waals surface area contributed by atoms with E-state index in [9.17, 15) is 14.4 Å². The largest absolute Gasteiger partial charge is 0.498 e. The van der Waals surface area contributed by atoms with Gasteiger partial charge in [0.1, 0.15) is 52.0 Å². The van der Waals surface area contributed by atoms with Crippen LogP contribution in [0.25, 0.3) is 50.1 Å². The highest BCUT2D eigenvalue weighted by molar-refractivity contribution is 15.0. The number of allylic oxidation sites excluding steroid dienone is 7. The van der Waals surface area contributed by atoms with Gasteiger partial charge in [-0.15, -0.1) is 0 Å². The predicted octanol–water partition coefficient (Wildman–Crippen LogP) is 27.5. The normalized spacial score (nSPS) is 16.1. The predicted molar refractivity (Wildman–Crippen MR) is 635 cm³/mol. The van der Waals surface area contributed by atoms with Crippen LogP contribution in [-0.2, 0) is 19.1 Å². The van der Waals surface area contributed by atoms with E-state index in [1.807, 2.05) is 134 Å². The molecule has 2 aliphatic heterocycles. The lowest BCUT2D eigenvalue weighted by atomic mass is 9.76. The Kier molecular flexibility index (Phi) is 47.4. The highest BCUT2D eigenvalue weighted by Crippen LogP contribution is 2.46. The number of aliphatic imine (C=N–C) groups is 2. The highest BCUT2D eigenvalue weighted by atomic mass is 128. The van der Waals surface area contributed by atoms with Crippen LogP contribution in [-0.4, -0.2) is 104 Å². The Labute approximate surface area is 917 Å². The van der Waals surface area contributed by atoms with Crippen molar-refractivity contribution in [2.45, 2.75) is 127 Å². The van der Waals surface area contributed by atoms with Crippen molar-refractivity contribution in [3.05, 3.63) is 403 Å². The van der Waals surface area contributed by atoms with E-state index in [0.29, 0.717) is 77.2 Å². The van der Waals surface area contributed by atoms with E-state index in [2.05, 4.69) is 229 Å². The van der Waals surface area contributed by atoms with E-state index in [0.717, 1.165) is 169 Å². The van der Waals surface area contributed by atoms with Crippen molar-refractivity contribution in [2.24, 2.45) is 32.9 Å². The van der Waals surface area contributed by atoms with Gasteiger partial charge in [0.15, 0.2) is 23.0 Å². The third kappa shape index (κ3) is 35.7. The average Bonchev–Trinajstić information content (AvgIpc) is 0.765. The SMILES string of the molecule is Brc1cccc(Br)c1.CCOC1=CC(=O)CCC1.COc1cccc(-c2cccc(C3=CC(=O)CCC3)c2)c1.COc1cccc(-c2cccc(C3=CC4(CCC3)N=C(N)c3ccccc3N4)c2)c1.COc1cccc(-c2cccc(C3CCCC4(C3)N=C(N)c3ccccc3N4)c2)c1.COc1cccc(B(O)O)c1.FF.II.N=C(N)c1ccccc1N.N=C(N)c1ccccc1N.O=C1C=C(c2cccc(Br)c2)CCC1.[HH].[HH]. The molecule has 2 heterocycles. The molecule has 18 N–H and O–H groups in total. The van der Waals surface area contributed by atoms with Crippen LogP contribution in [0.5, 0.6) is 23.0 Å². The van der Waals surface area contributed by atoms with Crippen molar-refractivity contribution in [3.63, 3.8) is 0 Å². The van der Waals surface area contributed by atoms with Gasteiger partial charge in [0.2, 0.25) is 0 Å². The second-order valence-corrected chi connectivity index (χ2v) is 37.8. The molecule has 772 valence electrons. The highest BCUT2D eigenvalue weighted by Gasteiger charge is 2.40. The first-order valence-corrected chi connectivity index (χ1v) is 56.9. The van der Waals surface area contributed by atoms with E-state index in [-0.39, 0.29) is 37.5 Å². The molecule has 7 aliphatic rings. The number of benzene rings is 13. The minimum absolute atomic E-state index is 0. The first-order valence-electron chi connectivity index (χ1n) is 48.2. The molecule has 30 heteroatoms. The zero-order chi connectivity index (χ0) is 106. The van der Waals surface area contributed by atoms with Crippen LogP contribution in [0.15, 0.2) is 369 Å². The summed E-state index contributed by atoms with van der Waals surface area (Å²) in [5, 5.41) is 39.0. The molecule has 0 bridgehead atoms. The third-order valence-corrected chi connectivity index (χ3v) is 26.2. The fourth-order valence-electron chi connectivity index (χ4n) is 17.6. The molecule has 20 rings (SSSR count). The van der Waals surface area contributed by atoms with E-state index < -0.39 is 12.8 Å². The lowest BCUT2D eigenvalue weighted by Crippen LogP contribution is -2.45. The average molecular weight is 2420 g/mol. The number of methoxy groups -OCH3 is 4. The van der Waals surface area contributed by atoms with Gasteiger partial charge in [0.25, 0.3) is 0 Å². The van der Waals surface area contributed by atoms with Gasteiger partial charge in [-0.05, 0) is 325 Å². The number of nitrogens with one attached hydrogen (secondary N) is 4. The molecule has 22 nitrogen and oxygen atoms in total. The first-order chi connectivity index (χ1) is 71.6. The van der Waals surface area contributed by atoms with Crippen LogP contribution < -0.4 is 69.4 Å². The molecule has 0 aromatic heterocycles. The molecular weight excluding hydrogens is 2290 g/mol. The van der Waals surface area contributed by atoms with Crippen molar-refractivity contribution >= 4 is 178 Å². The number of para-hydroxylation sites is 4. The summed E-state index contributed by atoms with van der Waals surface area (Å²) < 4.78 is 45.4. The molecule has 148 heavy (non-hydrogen) atoms. The molecule has 2 spiro atoms. The van der Waals surface area contributed by atoms with Crippen LogP contribution in [0.2, 0.25) is 0 Å². The number of ketones is 3. The molecule has 3 unspecified atom stereocenters. The minimum Gasteiger partial charge on any atom is -0.498 e. The number of hydrogen-bond acceptors (Lipinski definition) is 20. The van der Waals surface area contributed by atoms with Gasteiger partial charge in [-0.25, -0.2) is 9.98 Å². The number of anilines is 4. The Morgan fingerprint density at radius 3 is 1.26 bits per heavy atom. The number of fused-ring (bicyclic) bond motifs is 2. The number of hydrogen-bond donors (Lipinski definition) is 12. The number of nitrogen functional groups attached to an aromatic ring is 4. The molecule has 1 fully saturated rings. The van der Waals surface area contributed by atoms with Crippen molar-refractivity contribution in [2.75, 3.05) is 57.1 Å². The summed E-state index contributed by atoms with van der Waals surface area (Å²) in [7, 11) is 5.18. The Morgan fingerprint density at radius 1 is 0.426 bits per heavy atom. The van der Waals surface area contributed by atoms with Crippen molar-refractivity contribution < 1.29 is 60.1 Å². The zero-order valence-corrected chi connectivity index (χ0v) is 92.2. The van der Waals surface area contributed by atoms with E-state index in [1.54, 1.807) is 100 Å². The van der Waals surface area contributed by atoms with Crippen LogP contribution in [0.1, 0.15) is 163 Å². The number of nitrogens with two attached hydrogens (primary N) is 6.